The molecule has 0 spiro atoms. The molecule has 0 aliphatic carbocycles. The highest BCUT2D eigenvalue weighted by molar-refractivity contribution is 7.89. The molecule has 2 aromatic rings. The smallest absolute Gasteiger partial charge is 0.241 e. The molecule has 1 aromatic heterocycles. The minimum atomic E-state index is -3.60. The minimum absolute atomic E-state index is 0.160. The van der Waals surface area contributed by atoms with E-state index in [-0.39, 0.29) is 17.5 Å². The molecule has 0 radical (unpaired) electrons. The van der Waals surface area contributed by atoms with Gasteiger partial charge in [0.15, 0.2) is 0 Å². The van der Waals surface area contributed by atoms with Gasteiger partial charge in [-0.1, -0.05) is 19.1 Å². The van der Waals surface area contributed by atoms with Crippen LogP contribution in [-0.4, -0.2) is 13.5 Å². The summed E-state index contributed by atoms with van der Waals surface area (Å²) in [7, 11) is -3.60. The second kappa shape index (κ2) is 6.70. The van der Waals surface area contributed by atoms with Crippen molar-refractivity contribution in [3.63, 3.8) is 0 Å². The second-order valence-corrected chi connectivity index (χ2v) is 7.49. The number of benzene rings is 1. The largest absolute Gasteiger partial charge is 0.392 e. The lowest BCUT2D eigenvalue weighted by molar-refractivity contribution is 0.280. The molecule has 6 heteroatoms. The lowest BCUT2D eigenvalue weighted by atomic mass is 10.1. The van der Waals surface area contributed by atoms with E-state index < -0.39 is 10.0 Å². The third kappa shape index (κ3) is 3.71. The van der Waals surface area contributed by atoms with Crippen LogP contribution in [0.3, 0.4) is 0 Å². The van der Waals surface area contributed by atoms with Crippen LogP contribution in [-0.2, 0) is 23.1 Å². The Balaban J connectivity index is 2.27. The molecule has 21 heavy (non-hydrogen) atoms. The monoisotopic (exact) mass is 325 g/mol. The molecule has 0 bridgehead atoms. The number of aryl methyl sites for hydroxylation is 1. The predicted octanol–water partition coefficient (Wildman–Crippen LogP) is 2.84. The molecule has 1 heterocycles. The van der Waals surface area contributed by atoms with Gasteiger partial charge in [-0.05, 0) is 48.1 Å². The van der Waals surface area contributed by atoms with Crippen LogP contribution in [0.5, 0.6) is 0 Å². The van der Waals surface area contributed by atoms with E-state index in [1.807, 2.05) is 31.4 Å². The number of nitrogens with one attached hydrogen (secondary N) is 1. The fourth-order valence-electron chi connectivity index (χ4n) is 2.16. The van der Waals surface area contributed by atoms with Gasteiger partial charge in [-0.25, -0.2) is 13.1 Å². The number of rotatable bonds is 6. The average Bonchev–Trinajstić information content (AvgIpc) is 3.00. The molecule has 0 fully saturated rings. The molecule has 114 valence electrons. The van der Waals surface area contributed by atoms with E-state index in [9.17, 15) is 13.5 Å². The van der Waals surface area contributed by atoms with Gasteiger partial charge in [0.05, 0.1) is 17.5 Å². The maximum Gasteiger partial charge on any atom is 0.241 e. The van der Waals surface area contributed by atoms with E-state index in [2.05, 4.69) is 4.72 Å². The van der Waals surface area contributed by atoms with Crippen molar-refractivity contribution in [3.8, 4) is 0 Å². The maximum absolute atomic E-state index is 12.4. The van der Waals surface area contributed by atoms with Crippen LogP contribution in [0.25, 0.3) is 0 Å². The van der Waals surface area contributed by atoms with E-state index in [1.165, 1.54) is 11.3 Å². The number of sulfonamides is 1. The first-order chi connectivity index (χ1) is 9.97. The van der Waals surface area contributed by atoms with Crippen molar-refractivity contribution < 1.29 is 13.5 Å². The SMILES string of the molecule is CCc1ccc(S(=O)(=O)NC(C)c2cccs2)cc1CO. The first-order valence-corrected chi connectivity index (χ1v) is 9.12. The van der Waals surface area contributed by atoms with Crippen molar-refractivity contribution in [2.24, 2.45) is 0 Å². The second-order valence-electron chi connectivity index (χ2n) is 4.80. The van der Waals surface area contributed by atoms with Crippen LogP contribution in [0.1, 0.15) is 35.9 Å². The molecule has 1 unspecified atom stereocenters. The van der Waals surface area contributed by atoms with Crippen LogP contribution in [0.4, 0.5) is 0 Å². The summed E-state index contributed by atoms with van der Waals surface area (Å²) in [6.45, 7) is 3.63. The molecule has 1 atom stereocenters. The first kappa shape index (κ1) is 16.2. The van der Waals surface area contributed by atoms with Gasteiger partial charge in [0.25, 0.3) is 0 Å². The molecular weight excluding hydrogens is 306 g/mol. The number of aliphatic hydroxyl groups is 1. The summed E-state index contributed by atoms with van der Waals surface area (Å²) in [5.41, 5.74) is 1.62. The summed E-state index contributed by atoms with van der Waals surface area (Å²) in [4.78, 5) is 1.15. The highest BCUT2D eigenvalue weighted by Crippen LogP contribution is 2.22. The summed E-state index contributed by atoms with van der Waals surface area (Å²) in [6.07, 6.45) is 0.759. The van der Waals surface area contributed by atoms with Crippen molar-refractivity contribution in [2.45, 2.75) is 37.8 Å². The zero-order valence-corrected chi connectivity index (χ0v) is 13.7. The standard InChI is InChI=1S/C15H19NO3S2/c1-3-12-6-7-14(9-13(12)10-17)21(18,19)16-11(2)15-5-4-8-20-15/h4-9,11,16-17H,3,10H2,1-2H3. The number of aliphatic hydroxyl groups excluding tert-OH is 1. The highest BCUT2D eigenvalue weighted by Gasteiger charge is 2.19. The Hall–Kier alpha value is -1.21. The lowest BCUT2D eigenvalue weighted by Gasteiger charge is -2.14. The van der Waals surface area contributed by atoms with Crippen LogP contribution in [0.2, 0.25) is 0 Å². The van der Waals surface area contributed by atoms with Crippen molar-refractivity contribution in [3.05, 3.63) is 51.7 Å². The van der Waals surface area contributed by atoms with Crippen molar-refractivity contribution >= 4 is 21.4 Å². The van der Waals surface area contributed by atoms with Gasteiger partial charge >= 0.3 is 0 Å². The van der Waals surface area contributed by atoms with Gasteiger partial charge in [-0.3, -0.25) is 0 Å². The maximum atomic E-state index is 12.4. The third-order valence-corrected chi connectivity index (χ3v) is 5.93. The topological polar surface area (TPSA) is 66.4 Å². The van der Waals surface area contributed by atoms with Crippen LogP contribution in [0.15, 0.2) is 40.6 Å². The molecule has 2 rings (SSSR count). The van der Waals surface area contributed by atoms with Gasteiger partial charge < -0.3 is 5.11 Å². The Bertz CT molecular complexity index is 694. The number of thiophene rings is 1. The molecule has 1 aromatic carbocycles. The van der Waals surface area contributed by atoms with Crippen molar-refractivity contribution in [1.82, 2.24) is 4.72 Å². The zero-order chi connectivity index (χ0) is 15.5. The third-order valence-electron chi connectivity index (χ3n) is 3.34. The molecular formula is C15H19NO3S2. The lowest BCUT2D eigenvalue weighted by Crippen LogP contribution is -2.26. The Morgan fingerprint density at radius 3 is 2.62 bits per heavy atom. The molecule has 4 nitrogen and oxygen atoms in total. The summed E-state index contributed by atoms with van der Waals surface area (Å²) in [5.74, 6) is 0. The normalized spacial score (nSPS) is 13.3. The van der Waals surface area contributed by atoms with Crippen LogP contribution in [0, 0.1) is 0 Å². The number of hydrogen-bond donors (Lipinski definition) is 2. The van der Waals surface area contributed by atoms with Gasteiger partial charge in [-0.2, -0.15) is 0 Å². The Labute approximate surface area is 129 Å². The Morgan fingerprint density at radius 1 is 1.29 bits per heavy atom. The predicted molar refractivity (Wildman–Crippen MR) is 84.8 cm³/mol. The van der Waals surface area contributed by atoms with Gasteiger partial charge in [-0.15, -0.1) is 11.3 Å². The van der Waals surface area contributed by atoms with Gasteiger partial charge in [0.1, 0.15) is 0 Å². The molecule has 2 N–H and O–H groups in total. The van der Waals surface area contributed by atoms with Gasteiger partial charge in [0.2, 0.25) is 10.0 Å². The fraction of sp³-hybridized carbons (Fsp3) is 0.333. The van der Waals surface area contributed by atoms with E-state index in [0.717, 1.165) is 16.9 Å². The zero-order valence-electron chi connectivity index (χ0n) is 12.0. The average molecular weight is 325 g/mol. The van der Waals surface area contributed by atoms with E-state index >= 15 is 0 Å². The summed E-state index contributed by atoms with van der Waals surface area (Å²) in [6, 6.07) is 8.40. The fourth-order valence-corrected chi connectivity index (χ4v) is 4.24. The quantitative estimate of drug-likeness (QED) is 0.858. The molecule has 0 saturated carbocycles. The summed E-state index contributed by atoms with van der Waals surface area (Å²) in [5, 5.41) is 11.3. The van der Waals surface area contributed by atoms with E-state index in [0.29, 0.717) is 5.56 Å². The van der Waals surface area contributed by atoms with E-state index in [1.54, 1.807) is 18.2 Å². The van der Waals surface area contributed by atoms with Crippen LogP contribution >= 0.6 is 11.3 Å². The number of hydrogen-bond acceptors (Lipinski definition) is 4. The van der Waals surface area contributed by atoms with Crippen molar-refractivity contribution in [1.29, 1.82) is 0 Å². The summed E-state index contributed by atoms with van der Waals surface area (Å²) < 4.78 is 27.5. The minimum Gasteiger partial charge on any atom is -0.392 e. The Morgan fingerprint density at radius 2 is 2.05 bits per heavy atom. The molecule has 0 saturated heterocycles. The molecule has 0 aliphatic rings. The molecule has 0 amide bonds. The van der Waals surface area contributed by atoms with Crippen molar-refractivity contribution in [2.75, 3.05) is 0 Å². The van der Waals surface area contributed by atoms with Gasteiger partial charge in [0, 0.05) is 4.88 Å². The summed E-state index contributed by atoms with van der Waals surface area (Å²) >= 11 is 1.51. The highest BCUT2D eigenvalue weighted by atomic mass is 32.2. The Kier molecular flexibility index (Phi) is 5.16. The van der Waals surface area contributed by atoms with E-state index in [4.69, 9.17) is 0 Å². The first-order valence-electron chi connectivity index (χ1n) is 6.76. The van der Waals surface area contributed by atoms with Crippen LogP contribution < -0.4 is 4.72 Å². The molecule has 0 aliphatic heterocycles.